The smallest absolute Gasteiger partial charge is 0.244 e. The van der Waals surface area contributed by atoms with Gasteiger partial charge in [0.2, 0.25) is 0 Å². The lowest BCUT2D eigenvalue weighted by atomic mass is 11.0. The van der Waals surface area contributed by atoms with Crippen LogP contribution in [0.15, 0.2) is 35.8 Å². The Morgan fingerprint density at radius 2 is 1.52 bits per heavy atom. The van der Waals surface area contributed by atoms with Crippen LogP contribution in [0.4, 0.5) is 0 Å². The molecule has 23 heavy (non-hydrogen) atoms. The first-order valence-electron chi connectivity index (χ1n) is 6.04. The minimum absolute atomic E-state index is 0.274. The van der Waals surface area contributed by atoms with Gasteiger partial charge in [0.05, 0.1) is 0 Å². The molecule has 0 atom stereocenters. The van der Waals surface area contributed by atoms with Gasteiger partial charge in [-0.3, -0.25) is 0 Å². The van der Waals surface area contributed by atoms with Gasteiger partial charge in [-0.15, -0.1) is 0 Å². The molecule has 0 bridgehead atoms. The van der Waals surface area contributed by atoms with Crippen molar-refractivity contribution in [2.24, 2.45) is 0 Å². The Labute approximate surface area is 143 Å². The standard InChI is InChI=1S/C5H8BrN3O2S.C5H9N3O2S/c1-8(2)12(10,11)9-4-3-7-5(9)6;1-7(2)11(9,10)8-4-3-6-5-8/h3-4H,1-2H3;3-5H,1-2H3. The van der Waals surface area contributed by atoms with Gasteiger partial charge in [0.1, 0.15) is 6.33 Å². The maximum atomic E-state index is 11.4. The number of imidazole rings is 2. The Bertz CT molecular complexity index is 827. The highest BCUT2D eigenvalue weighted by molar-refractivity contribution is 9.10. The monoisotopic (exact) mass is 428 g/mol. The molecule has 130 valence electrons. The highest BCUT2D eigenvalue weighted by Crippen LogP contribution is 2.10. The Balaban J connectivity index is 0.000000231. The molecule has 2 aromatic rings. The van der Waals surface area contributed by atoms with Crippen molar-refractivity contribution in [2.45, 2.75) is 0 Å². The Morgan fingerprint density at radius 3 is 1.87 bits per heavy atom. The first-order valence-corrected chi connectivity index (χ1v) is 9.62. The summed E-state index contributed by atoms with van der Waals surface area (Å²) in [6.45, 7) is 0. The lowest BCUT2D eigenvalue weighted by molar-refractivity contribution is 0.509. The molecule has 13 heteroatoms. The molecule has 0 saturated carbocycles. The summed E-state index contributed by atoms with van der Waals surface area (Å²) in [5.41, 5.74) is 0. The van der Waals surface area contributed by atoms with E-state index in [0.717, 1.165) is 16.6 Å². The molecule has 0 aromatic carbocycles. The fourth-order valence-electron chi connectivity index (χ4n) is 1.19. The number of nitrogens with zero attached hydrogens (tertiary/aromatic N) is 6. The van der Waals surface area contributed by atoms with Gasteiger partial charge in [0, 0.05) is 53.0 Å². The normalized spacial score (nSPS) is 12.3. The fourth-order valence-corrected chi connectivity index (χ4v) is 3.54. The molecule has 0 aliphatic carbocycles. The molecule has 0 saturated heterocycles. The Kier molecular flexibility index (Phi) is 6.47. The van der Waals surface area contributed by atoms with Crippen LogP contribution in [0.2, 0.25) is 0 Å². The maximum Gasteiger partial charge on any atom is 0.309 e. The second-order valence-corrected chi connectivity index (χ2v) is 9.24. The third-order valence-corrected chi connectivity index (χ3v) is 6.69. The predicted octanol–water partition coefficient (Wildman–Crippen LogP) is -0.162. The van der Waals surface area contributed by atoms with Crippen molar-refractivity contribution in [2.75, 3.05) is 28.2 Å². The first kappa shape index (κ1) is 19.8. The molecule has 0 spiro atoms. The zero-order chi connectivity index (χ0) is 17.8. The summed E-state index contributed by atoms with van der Waals surface area (Å²) in [5, 5.41) is 0. The number of halogens is 1. The van der Waals surface area contributed by atoms with Gasteiger partial charge in [0.15, 0.2) is 4.73 Å². The van der Waals surface area contributed by atoms with Gasteiger partial charge < -0.3 is 0 Å². The first-order chi connectivity index (χ1) is 10.5. The highest BCUT2D eigenvalue weighted by atomic mass is 79.9. The van der Waals surface area contributed by atoms with E-state index in [4.69, 9.17) is 0 Å². The molecule has 0 aliphatic heterocycles. The average Bonchev–Trinajstić information content (AvgIpc) is 3.09. The summed E-state index contributed by atoms with van der Waals surface area (Å²) in [4.78, 5) is 7.37. The van der Waals surface area contributed by atoms with E-state index >= 15 is 0 Å². The van der Waals surface area contributed by atoms with Gasteiger partial charge in [-0.05, 0) is 15.9 Å². The van der Waals surface area contributed by atoms with Crippen molar-refractivity contribution < 1.29 is 16.8 Å². The fraction of sp³-hybridized carbons (Fsp3) is 0.400. The zero-order valence-electron chi connectivity index (χ0n) is 12.9. The zero-order valence-corrected chi connectivity index (χ0v) is 16.1. The molecule has 0 amide bonds. The third kappa shape index (κ3) is 4.60. The van der Waals surface area contributed by atoms with Crippen molar-refractivity contribution in [3.63, 3.8) is 0 Å². The Hall–Kier alpha value is -1.28. The van der Waals surface area contributed by atoms with E-state index < -0.39 is 20.4 Å². The molecule has 10 nitrogen and oxygen atoms in total. The SMILES string of the molecule is CN(C)S(=O)(=O)n1ccnc1.CN(C)S(=O)(=O)n1ccnc1Br. The summed E-state index contributed by atoms with van der Waals surface area (Å²) < 4.78 is 50.0. The molecule has 2 heterocycles. The van der Waals surface area contributed by atoms with E-state index in [-0.39, 0.29) is 4.73 Å². The largest absolute Gasteiger partial charge is 0.309 e. The molecule has 0 radical (unpaired) electrons. The van der Waals surface area contributed by atoms with Gasteiger partial charge in [-0.25, -0.2) is 17.9 Å². The summed E-state index contributed by atoms with van der Waals surface area (Å²) >= 11 is 3.02. The lowest BCUT2D eigenvalue weighted by Gasteiger charge is -2.11. The minimum Gasteiger partial charge on any atom is -0.244 e. The van der Waals surface area contributed by atoms with E-state index in [1.54, 1.807) is 0 Å². The van der Waals surface area contributed by atoms with Gasteiger partial charge in [-0.1, -0.05) is 0 Å². The molecule has 0 fully saturated rings. The quantitative estimate of drug-likeness (QED) is 0.668. The van der Waals surface area contributed by atoms with Crippen molar-refractivity contribution in [3.8, 4) is 0 Å². The number of hydrogen-bond donors (Lipinski definition) is 0. The van der Waals surface area contributed by atoms with Crippen LogP contribution < -0.4 is 0 Å². The van der Waals surface area contributed by atoms with Gasteiger partial charge >= 0.3 is 20.4 Å². The van der Waals surface area contributed by atoms with Crippen LogP contribution in [0, 0.1) is 0 Å². The molecule has 2 rings (SSSR count). The predicted molar refractivity (Wildman–Crippen MR) is 88.2 cm³/mol. The van der Waals surface area contributed by atoms with Crippen LogP contribution in [0.5, 0.6) is 0 Å². The van der Waals surface area contributed by atoms with Crippen molar-refractivity contribution >= 4 is 36.3 Å². The van der Waals surface area contributed by atoms with Crippen LogP contribution in [-0.2, 0) is 20.4 Å². The molecule has 0 N–H and O–H groups in total. The van der Waals surface area contributed by atoms with Crippen LogP contribution >= 0.6 is 15.9 Å². The summed E-state index contributed by atoms with van der Waals surface area (Å²) in [7, 11) is -0.914. The minimum atomic E-state index is -3.42. The highest BCUT2D eigenvalue weighted by Gasteiger charge is 2.18. The second kappa shape index (κ2) is 7.53. The molecule has 0 aliphatic rings. The summed E-state index contributed by atoms with van der Waals surface area (Å²) in [6.07, 6.45) is 6.83. The van der Waals surface area contributed by atoms with Crippen LogP contribution in [0.3, 0.4) is 0 Å². The van der Waals surface area contributed by atoms with Crippen LogP contribution in [0.1, 0.15) is 0 Å². The van der Waals surface area contributed by atoms with Crippen LogP contribution in [-0.4, -0.2) is 71.5 Å². The van der Waals surface area contributed by atoms with E-state index in [2.05, 4.69) is 25.9 Å². The lowest BCUT2D eigenvalue weighted by Crippen LogP contribution is -2.28. The van der Waals surface area contributed by atoms with E-state index in [9.17, 15) is 16.8 Å². The maximum absolute atomic E-state index is 11.4. The number of rotatable bonds is 4. The van der Waals surface area contributed by atoms with Crippen molar-refractivity contribution in [1.29, 1.82) is 0 Å². The topological polar surface area (TPSA) is 110 Å². The second-order valence-electron chi connectivity index (χ2n) is 4.47. The Morgan fingerprint density at radius 1 is 0.957 bits per heavy atom. The molecule has 2 aromatic heterocycles. The molecular weight excluding hydrogens is 412 g/mol. The van der Waals surface area contributed by atoms with E-state index in [1.807, 2.05) is 0 Å². The molecule has 0 unspecified atom stereocenters. The number of aromatic nitrogens is 4. The molecular formula is C10H17BrN6O4S2. The third-order valence-electron chi connectivity index (χ3n) is 2.48. The van der Waals surface area contributed by atoms with E-state index in [0.29, 0.717) is 0 Å². The summed E-state index contributed by atoms with van der Waals surface area (Å²) in [6, 6.07) is 0. The van der Waals surface area contributed by atoms with Crippen molar-refractivity contribution in [3.05, 3.63) is 35.8 Å². The van der Waals surface area contributed by atoms with Crippen molar-refractivity contribution in [1.82, 2.24) is 26.5 Å². The number of hydrogen-bond acceptors (Lipinski definition) is 6. The summed E-state index contributed by atoms with van der Waals surface area (Å²) in [5.74, 6) is 0. The van der Waals surface area contributed by atoms with Gasteiger partial charge in [-0.2, -0.15) is 25.4 Å². The van der Waals surface area contributed by atoms with Gasteiger partial charge in [0.25, 0.3) is 0 Å². The van der Waals surface area contributed by atoms with E-state index in [1.165, 1.54) is 59.3 Å². The average molecular weight is 429 g/mol. The van der Waals surface area contributed by atoms with Crippen LogP contribution in [0.25, 0.3) is 0 Å².